The highest BCUT2D eigenvalue weighted by molar-refractivity contribution is 6.03. The summed E-state index contributed by atoms with van der Waals surface area (Å²) >= 11 is 0. The Kier molecular flexibility index (Phi) is 5.45. The van der Waals surface area contributed by atoms with E-state index in [0.29, 0.717) is 11.5 Å². The fourth-order valence-electron chi connectivity index (χ4n) is 2.52. The molecule has 0 saturated carbocycles. The zero-order valence-corrected chi connectivity index (χ0v) is 14.7. The summed E-state index contributed by atoms with van der Waals surface area (Å²) in [6.07, 6.45) is 0. The summed E-state index contributed by atoms with van der Waals surface area (Å²) in [6, 6.07) is 16.0. The number of hydrogen-bond donors (Lipinski definition) is 3. The van der Waals surface area contributed by atoms with Crippen LogP contribution in [0.15, 0.2) is 66.7 Å². The van der Waals surface area contributed by atoms with E-state index in [1.807, 2.05) is 0 Å². The highest BCUT2D eigenvalue weighted by Gasteiger charge is 2.21. The van der Waals surface area contributed by atoms with E-state index in [1.54, 1.807) is 12.1 Å². The van der Waals surface area contributed by atoms with Gasteiger partial charge in [-0.3, -0.25) is 0 Å². The van der Waals surface area contributed by atoms with E-state index in [4.69, 9.17) is 19.7 Å². The molecule has 0 fully saturated rings. The summed E-state index contributed by atoms with van der Waals surface area (Å²) in [7, 11) is 0. The van der Waals surface area contributed by atoms with Crippen molar-refractivity contribution < 1.29 is 39.2 Å². The topological polar surface area (TPSA) is 130 Å². The molecule has 0 radical (unpaired) electrons. The molecule has 0 unspecified atom stereocenters. The Labute approximate surface area is 164 Å². The van der Waals surface area contributed by atoms with E-state index in [-0.39, 0.29) is 22.6 Å². The van der Waals surface area contributed by atoms with Gasteiger partial charge in [0.05, 0.1) is 11.1 Å². The van der Waals surface area contributed by atoms with Gasteiger partial charge in [-0.05, 0) is 60.7 Å². The number of carboxylic acids is 3. The maximum Gasteiger partial charge on any atom is 0.340 e. The van der Waals surface area contributed by atoms with Gasteiger partial charge >= 0.3 is 17.9 Å². The van der Waals surface area contributed by atoms with Crippen LogP contribution in [0.25, 0.3) is 0 Å². The summed E-state index contributed by atoms with van der Waals surface area (Å²) in [5.74, 6) is -2.76. The Morgan fingerprint density at radius 2 is 1.10 bits per heavy atom. The van der Waals surface area contributed by atoms with Crippen molar-refractivity contribution in [2.45, 2.75) is 0 Å². The molecule has 146 valence electrons. The van der Waals surface area contributed by atoms with Crippen LogP contribution < -0.4 is 9.47 Å². The van der Waals surface area contributed by atoms with Crippen LogP contribution in [0.5, 0.6) is 23.0 Å². The molecule has 3 aromatic carbocycles. The summed E-state index contributed by atoms with van der Waals surface area (Å²) in [6.45, 7) is 0. The second-order valence-corrected chi connectivity index (χ2v) is 5.79. The quantitative estimate of drug-likeness (QED) is 0.539. The van der Waals surface area contributed by atoms with Gasteiger partial charge < -0.3 is 24.8 Å². The van der Waals surface area contributed by atoms with Crippen molar-refractivity contribution in [3.63, 3.8) is 0 Å². The van der Waals surface area contributed by atoms with Crippen LogP contribution in [0.2, 0.25) is 0 Å². The minimum absolute atomic E-state index is 0.102. The molecule has 3 aromatic rings. The van der Waals surface area contributed by atoms with Gasteiger partial charge in [-0.15, -0.1) is 0 Å². The number of carbonyl (C=O) groups is 3. The number of benzene rings is 3. The lowest BCUT2D eigenvalue weighted by molar-refractivity contribution is 0.0649. The van der Waals surface area contributed by atoms with Gasteiger partial charge in [-0.1, -0.05) is 6.07 Å². The third-order valence-electron chi connectivity index (χ3n) is 3.86. The molecule has 0 spiro atoms. The smallest absolute Gasteiger partial charge is 0.340 e. The largest absolute Gasteiger partial charge is 0.478 e. The van der Waals surface area contributed by atoms with Crippen molar-refractivity contribution in [3.05, 3.63) is 83.4 Å². The molecule has 0 saturated heterocycles. The standard InChI is InChI=1S/C21H14O8/c22-19(23)12-4-6-13(7-5-12)28-14-8-10-15(11-9-14)29-17-3-1-2-16(20(24)25)18(17)21(26)27/h1-11H,(H,22,23)(H,24,25)(H,26,27). The van der Waals surface area contributed by atoms with Crippen molar-refractivity contribution in [1.29, 1.82) is 0 Å². The van der Waals surface area contributed by atoms with E-state index in [2.05, 4.69) is 0 Å². The van der Waals surface area contributed by atoms with Crippen LogP contribution in [0.3, 0.4) is 0 Å². The molecular formula is C21H14O8. The molecule has 3 N–H and O–H groups in total. The molecule has 0 aliphatic rings. The summed E-state index contributed by atoms with van der Waals surface area (Å²) < 4.78 is 11.2. The predicted octanol–water partition coefficient (Wildman–Crippen LogP) is 4.37. The lowest BCUT2D eigenvalue weighted by Gasteiger charge is -2.11. The van der Waals surface area contributed by atoms with Gasteiger partial charge in [-0.2, -0.15) is 0 Å². The van der Waals surface area contributed by atoms with Crippen LogP contribution in [0, 0.1) is 0 Å². The molecule has 0 aromatic heterocycles. The number of rotatable bonds is 7. The third kappa shape index (κ3) is 4.51. The first-order valence-electron chi connectivity index (χ1n) is 8.24. The average Bonchev–Trinajstić information content (AvgIpc) is 2.69. The molecule has 8 nitrogen and oxygen atoms in total. The Balaban J connectivity index is 1.78. The lowest BCUT2D eigenvalue weighted by Crippen LogP contribution is -2.09. The number of aromatic carboxylic acids is 3. The molecule has 0 aliphatic heterocycles. The van der Waals surface area contributed by atoms with Crippen molar-refractivity contribution in [2.24, 2.45) is 0 Å². The zero-order chi connectivity index (χ0) is 21.0. The number of hydrogen-bond acceptors (Lipinski definition) is 5. The van der Waals surface area contributed by atoms with Gasteiger partial charge in [-0.25, -0.2) is 14.4 Å². The normalized spacial score (nSPS) is 10.2. The number of ether oxygens (including phenoxy) is 2. The van der Waals surface area contributed by atoms with Crippen molar-refractivity contribution in [1.82, 2.24) is 0 Å². The second-order valence-electron chi connectivity index (χ2n) is 5.79. The molecule has 0 aliphatic carbocycles. The monoisotopic (exact) mass is 394 g/mol. The Bertz CT molecular complexity index is 1070. The molecule has 0 heterocycles. The Morgan fingerprint density at radius 1 is 0.586 bits per heavy atom. The lowest BCUT2D eigenvalue weighted by atomic mass is 10.1. The molecule has 3 rings (SSSR count). The maximum absolute atomic E-state index is 11.5. The second kappa shape index (κ2) is 8.13. The SMILES string of the molecule is O=C(O)c1ccc(Oc2ccc(Oc3cccc(C(=O)O)c3C(=O)O)cc2)cc1. The fourth-order valence-corrected chi connectivity index (χ4v) is 2.52. The van der Waals surface area contributed by atoms with Gasteiger partial charge in [0.1, 0.15) is 28.6 Å². The van der Waals surface area contributed by atoms with Gasteiger partial charge in [0, 0.05) is 0 Å². The van der Waals surface area contributed by atoms with Crippen LogP contribution in [0.1, 0.15) is 31.1 Å². The molecule has 0 atom stereocenters. The van der Waals surface area contributed by atoms with E-state index >= 15 is 0 Å². The highest BCUT2D eigenvalue weighted by atomic mass is 16.5. The number of carboxylic acid groups (broad SMARTS) is 3. The van der Waals surface area contributed by atoms with E-state index in [9.17, 15) is 19.5 Å². The van der Waals surface area contributed by atoms with Crippen molar-refractivity contribution in [2.75, 3.05) is 0 Å². The first-order valence-corrected chi connectivity index (χ1v) is 8.24. The predicted molar refractivity (Wildman–Crippen MR) is 100 cm³/mol. The molecule has 29 heavy (non-hydrogen) atoms. The van der Waals surface area contributed by atoms with Crippen LogP contribution in [-0.4, -0.2) is 33.2 Å². The van der Waals surface area contributed by atoms with Gasteiger partial charge in [0.25, 0.3) is 0 Å². The highest BCUT2D eigenvalue weighted by Crippen LogP contribution is 2.30. The minimum atomic E-state index is -1.41. The maximum atomic E-state index is 11.5. The van der Waals surface area contributed by atoms with E-state index < -0.39 is 23.5 Å². The molecule has 0 amide bonds. The first kappa shape index (κ1) is 19.4. The van der Waals surface area contributed by atoms with Crippen LogP contribution in [0.4, 0.5) is 0 Å². The van der Waals surface area contributed by atoms with Gasteiger partial charge in [0.2, 0.25) is 0 Å². The third-order valence-corrected chi connectivity index (χ3v) is 3.86. The molecular weight excluding hydrogens is 380 g/mol. The van der Waals surface area contributed by atoms with Crippen molar-refractivity contribution in [3.8, 4) is 23.0 Å². The van der Waals surface area contributed by atoms with Crippen LogP contribution >= 0.6 is 0 Å². The minimum Gasteiger partial charge on any atom is -0.478 e. The Morgan fingerprint density at radius 3 is 1.59 bits per heavy atom. The van der Waals surface area contributed by atoms with Crippen molar-refractivity contribution >= 4 is 17.9 Å². The summed E-state index contributed by atoms with van der Waals surface area (Å²) in [5, 5.41) is 27.4. The molecule has 8 heteroatoms. The Hall–Kier alpha value is -4.33. The first-order chi connectivity index (χ1) is 13.8. The van der Waals surface area contributed by atoms with Gasteiger partial charge in [0.15, 0.2) is 0 Å². The van der Waals surface area contributed by atoms with E-state index in [0.717, 1.165) is 0 Å². The fraction of sp³-hybridized carbons (Fsp3) is 0. The summed E-state index contributed by atoms with van der Waals surface area (Å²) in [5.41, 5.74) is -0.683. The summed E-state index contributed by atoms with van der Waals surface area (Å²) in [4.78, 5) is 33.6. The zero-order valence-electron chi connectivity index (χ0n) is 14.7. The van der Waals surface area contributed by atoms with Crippen LogP contribution in [-0.2, 0) is 0 Å². The average molecular weight is 394 g/mol. The molecule has 0 bridgehead atoms. The van der Waals surface area contributed by atoms with E-state index in [1.165, 1.54) is 54.6 Å².